The Morgan fingerprint density at radius 1 is 1.48 bits per heavy atom. The number of halogens is 1. The van der Waals surface area contributed by atoms with E-state index >= 15 is 0 Å². The van der Waals surface area contributed by atoms with Gasteiger partial charge in [0.2, 0.25) is 15.9 Å². The van der Waals surface area contributed by atoms with Gasteiger partial charge in [-0.1, -0.05) is 0 Å². The number of aliphatic hydroxyl groups excluding tert-OH is 1. The van der Waals surface area contributed by atoms with E-state index in [1.807, 2.05) is 0 Å². The molecule has 1 aromatic rings. The van der Waals surface area contributed by atoms with Crippen LogP contribution >= 0.6 is 0 Å². The molecule has 0 spiro atoms. The Morgan fingerprint density at radius 2 is 2.14 bits per heavy atom. The second-order valence-electron chi connectivity index (χ2n) is 4.90. The second-order valence-corrected chi connectivity index (χ2v) is 6.76. The van der Waals surface area contributed by atoms with Gasteiger partial charge in [0.25, 0.3) is 0 Å². The fourth-order valence-electron chi connectivity index (χ4n) is 2.08. The highest BCUT2D eigenvalue weighted by Gasteiger charge is 2.38. The number of benzene rings is 1. The standard InChI is InChI=1S/C13H17FN2O4S/c1-9(18)15-10-2-5-13(12(14)8-10)21(19,20)16(6-7-17)11-3-4-11/h2,5,8,11,17H,3-4,6-7H2,1H3,(H,15,18). The molecule has 8 heteroatoms. The first kappa shape index (κ1) is 15.9. The van der Waals surface area contributed by atoms with Crippen LogP contribution in [0.5, 0.6) is 0 Å². The highest BCUT2D eigenvalue weighted by Crippen LogP contribution is 2.33. The summed E-state index contributed by atoms with van der Waals surface area (Å²) >= 11 is 0. The average molecular weight is 316 g/mol. The lowest BCUT2D eigenvalue weighted by molar-refractivity contribution is -0.114. The number of hydrogen-bond donors (Lipinski definition) is 2. The van der Waals surface area contributed by atoms with E-state index in [2.05, 4.69) is 5.32 Å². The molecule has 0 saturated heterocycles. The first-order valence-electron chi connectivity index (χ1n) is 6.56. The molecular formula is C13H17FN2O4S. The minimum absolute atomic E-state index is 0.0557. The van der Waals surface area contributed by atoms with E-state index in [1.54, 1.807) is 0 Å². The van der Waals surface area contributed by atoms with Gasteiger partial charge in [-0.2, -0.15) is 4.31 Å². The van der Waals surface area contributed by atoms with Gasteiger partial charge in [-0.25, -0.2) is 12.8 Å². The van der Waals surface area contributed by atoms with Crippen LogP contribution < -0.4 is 5.32 Å². The Hall–Kier alpha value is -1.51. The molecule has 1 amide bonds. The van der Waals surface area contributed by atoms with Gasteiger partial charge >= 0.3 is 0 Å². The van der Waals surface area contributed by atoms with Gasteiger partial charge in [0.1, 0.15) is 10.7 Å². The summed E-state index contributed by atoms with van der Waals surface area (Å²) < 4.78 is 40.1. The van der Waals surface area contributed by atoms with Crippen LogP contribution in [0.4, 0.5) is 10.1 Å². The molecule has 1 aliphatic rings. The SMILES string of the molecule is CC(=O)Nc1ccc(S(=O)(=O)N(CCO)C2CC2)c(F)c1. The first-order chi connectivity index (χ1) is 9.86. The number of sulfonamides is 1. The average Bonchev–Trinajstić information content (AvgIpc) is 3.18. The molecule has 1 aromatic carbocycles. The van der Waals surface area contributed by atoms with Crippen LogP contribution in [0.25, 0.3) is 0 Å². The third kappa shape index (κ3) is 3.58. The molecule has 0 aliphatic heterocycles. The van der Waals surface area contributed by atoms with Crippen molar-refractivity contribution >= 4 is 21.6 Å². The summed E-state index contributed by atoms with van der Waals surface area (Å²) in [6.45, 7) is 0.903. The van der Waals surface area contributed by atoms with Crippen LogP contribution in [0.1, 0.15) is 19.8 Å². The van der Waals surface area contributed by atoms with Crippen LogP contribution in [0.3, 0.4) is 0 Å². The summed E-state index contributed by atoms with van der Waals surface area (Å²) in [6, 6.07) is 3.26. The maximum Gasteiger partial charge on any atom is 0.246 e. The predicted molar refractivity (Wildman–Crippen MR) is 74.7 cm³/mol. The zero-order valence-electron chi connectivity index (χ0n) is 11.5. The zero-order valence-corrected chi connectivity index (χ0v) is 12.4. The quantitative estimate of drug-likeness (QED) is 0.817. The number of nitrogens with zero attached hydrogens (tertiary/aromatic N) is 1. The lowest BCUT2D eigenvalue weighted by Crippen LogP contribution is -2.36. The number of carbonyl (C=O) groups excluding carboxylic acids is 1. The van der Waals surface area contributed by atoms with Crippen LogP contribution in [-0.2, 0) is 14.8 Å². The largest absolute Gasteiger partial charge is 0.395 e. The fourth-order valence-corrected chi connectivity index (χ4v) is 3.80. The van der Waals surface area contributed by atoms with Crippen molar-refractivity contribution in [2.75, 3.05) is 18.5 Å². The summed E-state index contributed by atoms with van der Waals surface area (Å²) in [5.74, 6) is -1.30. The molecule has 1 fully saturated rings. The molecule has 2 rings (SSSR count). The molecule has 0 unspecified atom stereocenters. The predicted octanol–water partition coefficient (Wildman–Crippen LogP) is 0.929. The molecule has 1 saturated carbocycles. The number of carbonyl (C=O) groups is 1. The van der Waals surface area contributed by atoms with Crippen molar-refractivity contribution in [1.82, 2.24) is 4.31 Å². The molecule has 0 radical (unpaired) electrons. The third-order valence-corrected chi connectivity index (χ3v) is 5.10. The van der Waals surface area contributed by atoms with Gasteiger partial charge < -0.3 is 10.4 Å². The number of aliphatic hydroxyl groups is 1. The van der Waals surface area contributed by atoms with Crippen molar-refractivity contribution in [1.29, 1.82) is 0 Å². The Balaban J connectivity index is 2.33. The third-order valence-electron chi connectivity index (χ3n) is 3.11. The summed E-state index contributed by atoms with van der Waals surface area (Å²) in [5.41, 5.74) is 0.194. The molecule has 0 bridgehead atoms. The molecule has 1 aliphatic carbocycles. The van der Waals surface area contributed by atoms with Crippen LogP contribution in [0, 0.1) is 5.82 Å². The second kappa shape index (κ2) is 6.08. The van der Waals surface area contributed by atoms with Crippen molar-refractivity contribution in [3.63, 3.8) is 0 Å². The Kier molecular flexibility index (Phi) is 4.60. The van der Waals surface area contributed by atoms with E-state index in [0.717, 1.165) is 16.4 Å². The van der Waals surface area contributed by atoms with Crippen molar-refractivity contribution in [3.8, 4) is 0 Å². The lowest BCUT2D eigenvalue weighted by atomic mass is 10.3. The van der Waals surface area contributed by atoms with Gasteiger partial charge in [-0.15, -0.1) is 0 Å². The van der Waals surface area contributed by atoms with Crippen molar-refractivity contribution in [3.05, 3.63) is 24.0 Å². The van der Waals surface area contributed by atoms with E-state index in [-0.39, 0.29) is 30.8 Å². The zero-order chi connectivity index (χ0) is 15.6. The number of amides is 1. The smallest absolute Gasteiger partial charge is 0.246 e. The minimum Gasteiger partial charge on any atom is -0.395 e. The van der Waals surface area contributed by atoms with Gasteiger partial charge in [0.15, 0.2) is 0 Å². The van der Waals surface area contributed by atoms with E-state index in [0.29, 0.717) is 12.8 Å². The monoisotopic (exact) mass is 316 g/mol. The van der Waals surface area contributed by atoms with E-state index in [1.165, 1.54) is 13.0 Å². The Labute approximate surface area is 122 Å². The Morgan fingerprint density at radius 3 is 2.62 bits per heavy atom. The molecule has 0 atom stereocenters. The Bertz CT molecular complexity index is 644. The summed E-state index contributed by atoms with van der Waals surface area (Å²) in [7, 11) is -3.99. The van der Waals surface area contributed by atoms with Crippen LogP contribution in [0.15, 0.2) is 23.1 Å². The normalized spacial score (nSPS) is 15.2. The van der Waals surface area contributed by atoms with Crippen LogP contribution in [-0.4, -0.2) is 42.9 Å². The molecular weight excluding hydrogens is 299 g/mol. The number of anilines is 1. The highest BCUT2D eigenvalue weighted by molar-refractivity contribution is 7.89. The molecule has 0 aromatic heterocycles. The molecule has 6 nitrogen and oxygen atoms in total. The van der Waals surface area contributed by atoms with Gasteiger partial charge in [-0.3, -0.25) is 4.79 Å². The molecule has 21 heavy (non-hydrogen) atoms. The van der Waals surface area contributed by atoms with Crippen molar-refractivity contribution < 1.29 is 22.7 Å². The number of nitrogens with one attached hydrogen (secondary N) is 1. The lowest BCUT2D eigenvalue weighted by Gasteiger charge is -2.21. The number of rotatable bonds is 6. The maximum atomic E-state index is 14.1. The maximum absolute atomic E-state index is 14.1. The molecule has 0 heterocycles. The fraction of sp³-hybridized carbons (Fsp3) is 0.462. The van der Waals surface area contributed by atoms with Gasteiger partial charge in [0.05, 0.1) is 6.61 Å². The first-order valence-corrected chi connectivity index (χ1v) is 8.00. The van der Waals surface area contributed by atoms with E-state index in [4.69, 9.17) is 5.11 Å². The van der Waals surface area contributed by atoms with Crippen molar-refractivity contribution in [2.24, 2.45) is 0 Å². The van der Waals surface area contributed by atoms with Gasteiger partial charge in [-0.05, 0) is 31.0 Å². The number of hydrogen-bond acceptors (Lipinski definition) is 4. The summed E-state index contributed by atoms with van der Waals surface area (Å²) in [6.07, 6.45) is 1.43. The topological polar surface area (TPSA) is 86.7 Å². The molecule has 2 N–H and O–H groups in total. The summed E-state index contributed by atoms with van der Waals surface area (Å²) in [5, 5.41) is 11.4. The van der Waals surface area contributed by atoms with E-state index < -0.39 is 20.7 Å². The highest BCUT2D eigenvalue weighted by atomic mass is 32.2. The van der Waals surface area contributed by atoms with Gasteiger partial charge in [0, 0.05) is 25.2 Å². The summed E-state index contributed by atoms with van der Waals surface area (Å²) in [4.78, 5) is 10.5. The minimum atomic E-state index is -3.99. The van der Waals surface area contributed by atoms with Crippen molar-refractivity contribution in [2.45, 2.75) is 30.7 Å². The molecule has 116 valence electrons. The van der Waals surface area contributed by atoms with E-state index in [9.17, 15) is 17.6 Å². The van der Waals surface area contributed by atoms with Crippen LogP contribution in [0.2, 0.25) is 0 Å².